The Morgan fingerprint density at radius 3 is 2.90 bits per heavy atom. The second-order valence-electron chi connectivity index (χ2n) is 5.99. The maximum atomic E-state index is 11.6. The molecule has 3 rings (SSSR count). The standard InChI is InChI=1S/C15H24N2O3/c18-15-7-9-20-17(15)13-6-8-16-12(10-13)11-19-14-4-2-1-3-5-14/h7,9,12-14,16H,1-6,8,10-11H2/t12-,13+/m0/s1. The van der Waals surface area contributed by atoms with Crippen molar-refractivity contribution in [3.63, 3.8) is 0 Å². The van der Waals surface area contributed by atoms with Crippen LogP contribution in [0.4, 0.5) is 0 Å². The van der Waals surface area contributed by atoms with Crippen LogP contribution in [0.15, 0.2) is 21.6 Å². The molecule has 1 saturated heterocycles. The number of rotatable bonds is 4. The zero-order valence-corrected chi connectivity index (χ0v) is 11.9. The molecule has 2 heterocycles. The van der Waals surface area contributed by atoms with E-state index in [4.69, 9.17) is 9.26 Å². The van der Waals surface area contributed by atoms with E-state index >= 15 is 0 Å². The van der Waals surface area contributed by atoms with Crippen molar-refractivity contribution in [3.8, 4) is 0 Å². The summed E-state index contributed by atoms with van der Waals surface area (Å²) in [5.74, 6) is 0. The highest BCUT2D eigenvalue weighted by Gasteiger charge is 2.26. The van der Waals surface area contributed by atoms with Gasteiger partial charge in [-0.15, -0.1) is 0 Å². The van der Waals surface area contributed by atoms with E-state index in [9.17, 15) is 4.79 Å². The van der Waals surface area contributed by atoms with Crippen molar-refractivity contribution in [1.82, 2.24) is 10.1 Å². The molecule has 0 bridgehead atoms. The highest BCUT2D eigenvalue weighted by Crippen LogP contribution is 2.23. The first-order valence-electron chi connectivity index (χ1n) is 7.84. The van der Waals surface area contributed by atoms with E-state index in [1.54, 1.807) is 0 Å². The fourth-order valence-electron chi connectivity index (χ4n) is 3.35. The summed E-state index contributed by atoms with van der Waals surface area (Å²) >= 11 is 0. The molecule has 2 atom stereocenters. The highest BCUT2D eigenvalue weighted by molar-refractivity contribution is 4.85. The Labute approximate surface area is 119 Å². The molecule has 0 radical (unpaired) electrons. The summed E-state index contributed by atoms with van der Waals surface area (Å²) in [5.41, 5.74) is -0.0381. The molecule has 0 unspecified atom stereocenters. The normalized spacial score (nSPS) is 28.6. The molecule has 1 saturated carbocycles. The van der Waals surface area contributed by atoms with E-state index < -0.39 is 0 Å². The molecule has 5 heteroatoms. The first kappa shape index (κ1) is 13.9. The lowest BCUT2D eigenvalue weighted by Crippen LogP contribution is -2.43. The van der Waals surface area contributed by atoms with Crippen molar-refractivity contribution in [2.24, 2.45) is 0 Å². The van der Waals surface area contributed by atoms with Crippen LogP contribution in [-0.2, 0) is 4.74 Å². The summed E-state index contributed by atoms with van der Waals surface area (Å²) in [5, 5.41) is 3.49. The maximum Gasteiger partial charge on any atom is 0.282 e. The Morgan fingerprint density at radius 1 is 1.30 bits per heavy atom. The number of ether oxygens (including phenoxy) is 1. The van der Waals surface area contributed by atoms with Crippen LogP contribution in [0.2, 0.25) is 0 Å². The smallest absolute Gasteiger partial charge is 0.282 e. The maximum absolute atomic E-state index is 11.6. The Hall–Kier alpha value is -1.07. The molecule has 2 aliphatic rings. The van der Waals surface area contributed by atoms with Gasteiger partial charge in [-0.3, -0.25) is 4.79 Å². The SMILES string of the molecule is O=c1ccon1[C@@H]1CCN[C@H](COC2CCCCC2)C1. The van der Waals surface area contributed by atoms with Gasteiger partial charge in [-0.05, 0) is 32.2 Å². The van der Waals surface area contributed by atoms with Crippen LogP contribution in [-0.4, -0.2) is 30.0 Å². The Balaban J connectivity index is 1.50. The van der Waals surface area contributed by atoms with Crippen LogP contribution in [0.25, 0.3) is 0 Å². The number of nitrogens with zero attached hydrogens (tertiary/aromatic N) is 1. The summed E-state index contributed by atoms with van der Waals surface area (Å²) < 4.78 is 12.8. The summed E-state index contributed by atoms with van der Waals surface area (Å²) in [4.78, 5) is 11.6. The van der Waals surface area contributed by atoms with E-state index in [2.05, 4.69) is 5.32 Å². The van der Waals surface area contributed by atoms with Crippen molar-refractivity contribution in [2.45, 2.75) is 63.1 Å². The molecule has 1 aromatic rings. The predicted molar refractivity (Wildman–Crippen MR) is 75.9 cm³/mol. The van der Waals surface area contributed by atoms with E-state index in [0.29, 0.717) is 12.1 Å². The summed E-state index contributed by atoms with van der Waals surface area (Å²) in [6.07, 6.45) is 10.1. The molecule has 0 amide bonds. The van der Waals surface area contributed by atoms with Crippen molar-refractivity contribution >= 4 is 0 Å². The highest BCUT2D eigenvalue weighted by atomic mass is 16.5. The van der Waals surface area contributed by atoms with Gasteiger partial charge in [-0.25, -0.2) is 0 Å². The van der Waals surface area contributed by atoms with Crippen molar-refractivity contribution in [3.05, 3.63) is 22.7 Å². The summed E-state index contributed by atoms with van der Waals surface area (Å²) in [6, 6.07) is 1.97. The Bertz CT molecular complexity index is 462. The Kier molecular flexibility index (Phi) is 4.58. The monoisotopic (exact) mass is 280 g/mol. The average Bonchev–Trinajstić information content (AvgIpc) is 2.93. The lowest BCUT2D eigenvalue weighted by atomic mass is 9.97. The zero-order chi connectivity index (χ0) is 13.8. The topological polar surface area (TPSA) is 56.4 Å². The second kappa shape index (κ2) is 6.59. The molecule has 0 aromatic carbocycles. The quantitative estimate of drug-likeness (QED) is 0.917. The average molecular weight is 280 g/mol. The van der Waals surface area contributed by atoms with Gasteiger partial charge in [-0.2, -0.15) is 4.74 Å². The molecule has 0 spiro atoms. The van der Waals surface area contributed by atoms with Gasteiger partial charge in [0.15, 0.2) is 0 Å². The molecule has 112 valence electrons. The van der Waals surface area contributed by atoms with Gasteiger partial charge in [-0.1, -0.05) is 19.3 Å². The number of hydrogen-bond donors (Lipinski definition) is 1. The molecule has 2 fully saturated rings. The van der Waals surface area contributed by atoms with Crippen LogP contribution < -0.4 is 10.9 Å². The molecule has 1 N–H and O–H groups in total. The van der Waals surface area contributed by atoms with Crippen molar-refractivity contribution in [1.29, 1.82) is 0 Å². The number of aromatic nitrogens is 1. The molecular weight excluding hydrogens is 256 g/mol. The lowest BCUT2D eigenvalue weighted by Gasteiger charge is -2.31. The van der Waals surface area contributed by atoms with Gasteiger partial charge in [0.25, 0.3) is 5.56 Å². The van der Waals surface area contributed by atoms with Gasteiger partial charge in [0.05, 0.1) is 18.8 Å². The van der Waals surface area contributed by atoms with Crippen LogP contribution in [0.5, 0.6) is 0 Å². The minimum absolute atomic E-state index is 0.0381. The number of nitrogens with one attached hydrogen (secondary N) is 1. The molecule has 1 aromatic heterocycles. The van der Waals surface area contributed by atoms with Gasteiger partial charge in [0, 0.05) is 12.1 Å². The predicted octanol–water partition coefficient (Wildman–Crippen LogP) is 2.08. The molecule has 20 heavy (non-hydrogen) atoms. The van der Waals surface area contributed by atoms with Crippen LogP contribution in [0.3, 0.4) is 0 Å². The van der Waals surface area contributed by atoms with Gasteiger partial charge in [0.2, 0.25) is 0 Å². The van der Waals surface area contributed by atoms with E-state index in [0.717, 1.165) is 26.0 Å². The minimum Gasteiger partial charge on any atom is -0.384 e. The first-order valence-corrected chi connectivity index (χ1v) is 7.84. The van der Waals surface area contributed by atoms with Crippen LogP contribution >= 0.6 is 0 Å². The third-order valence-electron chi connectivity index (χ3n) is 4.49. The lowest BCUT2D eigenvalue weighted by molar-refractivity contribution is 0.00597. The minimum atomic E-state index is -0.0381. The van der Waals surface area contributed by atoms with Crippen LogP contribution in [0.1, 0.15) is 51.0 Å². The third-order valence-corrected chi connectivity index (χ3v) is 4.49. The molecule has 1 aliphatic heterocycles. The Morgan fingerprint density at radius 2 is 2.15 bits per heavy atom. The van der Waals surface area contributed by atoms with Crippen molar-refractivity contribution < 1.29 is 9.26 Å². The molecule has 1 aliphatic carbocycles. The summed E-state index contributed by atoms with van der Waals surface area (Å²) in [7, 11) is 0. The fraction of sp³-hybridized carbons (Fsp3) is 0.800. The third kappa shape index (κ3) is 3.33. The van der Waals surface area contributed by atoms with Crippen LogP contribution in [0, 0.1) is 0 Å². The fourth-order valence-corrected chi connectivity index (χ4v) is 3.35. The van der Waals surface area contributed by atoms with E-state index in [1.165, 1.54) is 49.2 Å². The van der Waals surface area contributed by atoms with E-state index in [-0.39, 0.29) is 11.6 Å². The van der Waals surface area contributed by atoms with Gasteiger partial charge >= 0.3 is 0 Å². The zero-order valence-electron chi connectivity index (χ0n) is 11.9. The molecular formula is C15H24N2O3. The molecule has 5 nitrogen and oxygen atoms in total. The largest absolute Gasteiger partial charge is 0.384 e. The number of piperidine rings is 1. The number of hydrogen-bond acceptors (Lipinski definition) is 4. The van der Waals surface area contributed by atoms with Gasteiger partial charge < -0.3 is 14.6 Å². The first-order chi connectivity index (χ1) is 9.83. The van der Waals surface area contributed by atoms with Gasteiger partial charge in [0.1, 0.15) is 6.26 Å². The summed E-state index contributed by atoms with van der Waals surface area (Å²) in [6.45, 7) is 1.66. The van der Waals surface area contributed by atoms with E-state index in [1.807, 2.05) is 0 Å². The second-order valence-corrected chi connectivity index (χ2v) is 5.99. The van der Waals surface area contributed by atoms with Crippen molar-refractivity contribution in [2.75, 3.05) is 13.2 Å².